The lowest BCUT2D eigenvalue weighted by Crippen LogP contribution is -2.01. The lowest BCUT2D eigenvalue weighted by Gasteiger charge is -2.13. The van der Waals surface area contributed by atoms with Crippen molar-refractivity contribution in [3.63, 3.8) is 0 Å². The minimum atomic E-state index is 0.629. The molecule has 100 valence electrons. The van der Waals surface area contributed by atoms with E-state index in [-0.39, 0.29) is 0 Å². The van der Waals surface area contributed by atoms with Crippen LogP contribution in [0.2, 0.25) is 0 Å². The van der Waals surface area contributed by atoms with Crippen molar-refractivity contribution in [1.82, 2.24) is 0 Å². The third-order valence-electron chi connectivity index (χ3n) is 3.28. The fourth-order valence-corrected chi connectivity index (χ4v) is 2.66. The largest absolute Gasteiger partial charge is 0.489 e. The van der Waals surface area contributed by atoms with Gasteiger partial charge in [0.05, 0.1) is 0 Å². The Labute approximate surface area is 123 Å². The molecule has 19 heavy (non-hydrogen) atoms. The molecule has 0 saturated carbocycles. The Hall–Kier alpha value is -1.28. The molecule has 0 amide bonds. The lowest BCUT2D eigenvalue weighted by atomic mass is 10.0. The summed E-state index contributed by atoms with van der Waals surface area (Å²) in [7, 11) is 0. The number of aryl methyl sites for hydroxylation is 3. The van der Waals surface area contributed by atoms with Gasteiger partial charge in [-0.1, -0.05) is 45.8 Å². The Kier molecular flexibility index (Phi) is 4.65. The van der Waals surface area contributed by atoms with Crippen molar-refractivity contribution in [2.75, 3.05) is 0 Å². The van der Waals surface area contributed by atoms with Crippen LogP contribution in [0.5, 0.6) is 5.75 Å². The fourth-order valence-electron chi connectivity index (χ4n) is 2.31. The van der Waals surface area contributed by atoms with Gasteiger partial charge in [0.2, 0.25) is 0 Å². The molecule has 0 aliphatic rings. The van der Waals surface area contributed by atoms with Gasteiger partial charge in [-0.3, -0.25) is 0 Å². The van der Waals surface area contributed by atoms with E-state index < -0.39 is 0 Å². The Balaban J connectivity index is 2.14. The quantitative estimate of drug-likeness (QED) is 0.714. The number of rotatable bonds is 4. The molecule has 0 aromatic heterocycles. The summed E-state index contributed by atoms with van der Waals surface area (Å²) in [6, 6.07) is 12.6. The van der Waals surface area contributed by atoms with Crippen molar-refractivity contribution >= 4 is 15.9 Å². The minimum absolute atomic E-state index is 0.629. The summed E-state index contributed by atoms with van der Waals surface area (Å²) in [6.07, 6.45) is 0. The van der Waals surface area contributed by atoms with Gasteiger partial charge in [-0.05, 0) is 55.2 Å². The van der Waals surface area contributed by atoms with E-state index in [1.807, 2.05) is 12.1 Å². The van der Waals surface area contributed by atoms with Crippen LogP contribution in [0.4, 0.5) is 0 Å². The molecule has 0 atom stereocenters. The maximum absolute atomic E-state index is 5.92. The van der Waals surface area contributed by atoms with E-state index in [1.165, 1.54) is 27.8 Å². The van der Waals surface area contributed by atoms with Crippen molar-refractivity contribution in [2.24, 2.45) is 0 Å². The molecule has 0 heterocycles. The molecular weight excluding hydrogens is 300 g/mol. The molecule has 0 N–H and O–H groups in total. The Morgan fingerprint density at radius 1 is 1.00 bits per heavy atom. The highest BCUT2D eigenvalue weighted by atomic mass is 79.9. The zero-order valence-corrected chi connectivity index (χ0v) is 13.3. The molecule has 0 saturated heterocycles. The second-order valence-corrected chi connectivity index (χ2v) is 5.51. The van der Waals surface area contributed by atoms with E-state index in [4.69, 9.17) is 4.74 Å². The third kappa shape index (κ3) is 3.60. The molecule has 0 radical (unpaired) electrons. The van der Waals surface area contributed by atoms with E-state index >= 15 is 0 Å². The number of hydrogen-bond acceptors (Lipinski definition) is 1. The maximum atomic E-state index is 5.92. The van der Waals surface area contributed by atoms with Gasteiger partial charge in [0.25, 0.3) is 0 Å². The number of ether oxygens (including phenoxy) is 1. The fraction of sp³-hybridized carbons (Fsp3) is 0.294. The molecule has 1 nitrogen and oxygen atoms in total. The van der Waals surface area contributed by atoms with Gasteiger partial charge < -0.3 is 4.74 Å². The molecule has 0 bridgehead atoms. The summed E-state index contributed by atoms with van der Waals surface area (Å²) in [4.78, 5) is 0. The highest BCUT2D eigenvalue weighted by Crippen LogP contribution is 2.21. The number of benzene rings is 2. The lowest BCUT2D eigenvalue weighted by molar-refractivity contribution is 0.304. The topological polar surface area (TPSA) is 9.23 Å². The smallest absolute Gasteiger partial charge is 0.120 e. The molecule has 0 aliphatic heterocycles. The van der Waals surface area contributed by atoms with Gasteiger partial charge in [-0.25, -0.2) is 0 Å². The van der Waals surface area contributed by atoms with Crippen molar-refractivity contribution in [2.45, 2.75) is 32.7 Å². The predicted molar refractivity (Wildman–Crippen MR) is 84.1 cm³/mol. The zero-order valence-electron chi connectivity index (χ0n) is 11.7. The highest BCUT2D eigenvalue weighted by molar-refractivity contribution is 9.08. The van der Waals surface area contributed by atoms with Gasteiger partial charge in [-0.15, -0.1) is 0 Å². The summed E-state index contributed by atoms with van der Waals surface area (Å²) in [5, 5.41) is 0.854. The third-order valence-corrected chi connectivity index (χ3v) is 3.92. The normalized spacial score (nSPS) is 10.5. The first-order chi connectivity index (χ1) is 9.10. The number of hydrogen-bond donors (Lipinski definition) is 0. The summed E-state index contributed by atoms with van der Waals surface area (Å²) in [6.45, 7) is 7.05. The first-order valence-corrected chi connectivity index (χ1v) is 7.56. The highest BCUT2D eigenvalue weighted by Gasteiger charge is 2.05. The van der Waals surface area contributed by atoms with Gasteiger partial charge in [0.1, 0.15) is 12.4 Å². The molecule has 2 aromatic rings. The van der Waals surface area contributed by atoms with Crippen LogP contribution in [0.3, 0.4) is 0 Å². The van der Waals surface area contributed by atoms with Crippen molar-refractivity contribution in [3.05, 3.63) is 64.2 Å². The molecule has 0 spiro atoms. The summed E-state index contributed by atoms with van der Waals surface area (Å²) >= 11 is 3.46. The first-order valence-electron chi connectivity index (χ1n) is 6.44. The molecular formula is C17H19BrO. The van der Waals surface area contributed by atoms with Crippen LogP contribution in [0, 0.1) is 20.8 Å². The molecule has 2 heteroatoms. The Morgan fingerprint density at radius 2 is 1.68 bits per heavy atom. The molecule has 0 fully saturated rings. The summed E-state index contributed by atoms with van der Waals surface area (Å²) < 4.78 is 5.92. The van der Waals surface area contributed by atoms with Crippen LogP contribution in [0.15, 0.2) is 36.4 Å². The second-order valence-electron chi connectivity index (χ2n) is 4.95. The van der Waals surface area contributed by atoms with Crippen LogP contribution in [-0.2, 0) is 11.9 Å². The summed E-state index contributed by atoms with van der Waals surface area (Å²) in [5.41, 5.74) is 6.42. The van der Waals surface area contributed by atoms with Gasteiger partial charge in [-0.2, -0.15) is 0 Å². The molecule has 2 aromatic carbocycles. The van der Waals surface area contributed by atoms with Crippen LogP contribution >= 0.6 is 15.9 Å². The van der Waals surface area contributed by atoms with Crippen molar-refractivity contribution in [1.29, 1.82) is 0 Å². The van der Waals surface area contributed by atoms with Crippen LogP contribution in [-0.4, -0.2) is 0 Å². The monoisotopic (exact) mass is 318 g/mol. The average molecular weight is 319 g/mol. The molecule has 0 unspecified atom stereocenters. The average Bonchev–Trinajstić information content (AvgIpc) is 2.37. The van der Waals surface area contributed by atoms with E-state index in [0.29, 0.717) is 6.61 Å². The Morgan fingerprint density at radius 3 is 2.32 bits per heavy atom. The maximum Gasteiger partial charge on any atom is 0.120 e. The number of halogens is 1. The Bertz CT molecular complexity index is 552. The predicted octanol–water partition coefficient (Wildman–Crippen LogP) is 5.09. The van der Waals surface area contributed by atoms with Gasteiger partial charge >= 0.3 is 0 Å². The van der Waals surface area contributed by atoms with E-state index in [9.17, 15) is 0 Å². The standard InChI is InChI=1S/C17H19BrO/c1-12-7-13(2)17(14(3)8-12)11-19-16-6-4-5-15(9-16)10-18/h4-9H,10-11H2,1-3H3. The second kappa shape index (κ2) is 6.25. The van der Waals surface area contributed by atoms with Crippen LogP contribution in [0.1, 0.15) is 27.8 Å². The van der Waals surface area contributed by atoms with Gasteiger partial charge in [0, 0.05) is 5.33 Å². The van der Waals surface area contributed by atoms with E-state index in [0.717, 1.165) is 11.1 Å². The van der Waals surface area contributed by atoms with E-state index in [2.05, 4.69) is 61.0 Å². The number of alkyl halides is 1. The first kappa shape index (κ1) is 14.1. The molecule has 0 aliphatic carbocycles. The van der Waals surface area contributed by atoms with Crippen molar-refractivity contribution < 1.29 is 4.74 Å². The zero-order chi connectivity index (χ0) is 13.8. The van der Waals surface area contributed by atoms with Crippen LogP contribution < -0.4 is 4.74 Å². The van der Waals surface area contributed by atoms with Gasteiger partial charge in [0.15, 0.2) is 0 Å². The minimum Gasteiger partial charge on any atom is -0.489 e. The van der Waals surface area contributed by atoms with Crippen molar-refractivity contribution in [3.8, 4) is 5.75 Å². The molecule has 2 rings (SSSR count). The summed E-state index contributed by atoms with van der Waals surface area (Å²) in [5.74, 6) is 0.927. The SMILES string of the molecule is Cc1cc(C)c(COc2cccc(CBr)c2)c(C)c1. The van der Waals surface area contributed by atoms with E-state index in [1.54, 1.807) is 0 Å². The van der Waals surface area contributed by atoms with Crippen LogP contribution in [0.25, 0.3) is 0 Å².